The van der Waals surface area contributed by atoms with Gasteiger partial charge in [0.05, 0.1) is 0 Å². The van der Waals surface area contributed by atoms with Gasteiger partial charge in [-0.15, -0.1) is 0 Å². The molecule has 0 unspecified atom stereocenters. The average Bonchev–Trinajstić information content (AvgIpc) is 3.12. The molecule has 0 bridgehead atoms. The Morgan fingerprint density at radius 1 is 1.32 bits per heavy atom. The summed E-state index contributed by atoms with van der Waals surface area (Å²) in [5, 5.41) is 2.26. The molecule has 1 saturated carbocycles. The Kier molecular flexibility index (Phi) is 3.89. The third kappa shape index (κ3) is 2.78. The number of carbonyl (C=O) groups excluding carboxylic acids is 3. The Labute approximate surface area is 112 Å². The van der Waals surface area contributed by atoms with Gasteiger partial charge in [0.1, 0.15) is 5.41 Å². The Hall–Kier alpha value is -1.43. The van der Waals surface area contributed by atoms with Crippen LogP contribution in [0.15, 0.2) is 0 Å². The van der Waals surface area contributed by atoms with Crippen molar-refractivity contribution < 1.29 is 19.1 Å². The lowest BCUT2D eigenvalue weighted by Crippen LogP contribution is -2.59. The van der Waals surface area contributed by atoms with Gasteiger partial charge < -0.3 is 4.74 Å². The summed E-state index contributed by atoms with van der Waals surface area (Å²) in [5.74, 6) is -0.313. The maximum atomic E-state index is 12.1. The van der Waals surface area contributed by atoms with Crippen molar-refractivity contribution in [2.24, 2.45) is 11.3 Å². The number of hydrogen-bond donors (Lipinski definition) is 1. The molecule has 1 aliphatic carbocycles. The summed E-state index contributed by atoms with van der Waals surface area (Å²) in [5.41, 5.74) is -0.938. The van der Waals surface area contributed by atoms with Crippen molar-refractivity contribution in [3.8, 4) is 0 Å². The first-order valence-corrected chi connectivity index (χ1v) is 6.72. The third-order valence-electron chi connectivity index (χ3n) is 3.43. The number of nitrogens with one attached hydrogen (secondary N) is 1. The second-order valence-electron chi connectivity index (χ2n) is 5.62. The molecule has 1 spiro atoms. The molecule has 1 saturated heterocycles. The molecule has 0 aromatic carbocycles. The Morgan fingerprint density at radius 3 is 2.58 bits per heavy atom. The molecule has 1 aliphatic heterocycles. The maximum absolute atomic E-state index is 12.1. The molecular weight excluding hydrogens is 248 g/mol. The van der Waals surface area contributed by atoms with Crippen molar-refractivity contribution in [1.82, 2.24) is 10.2 Å². The molecular formula is C13H20N2O4. The number of ether oxygens (including phenoxy) is 1. The lowest BCUT2D eigenvalue weighted by Gasteiger charge is -2.30. The van der Waals surface area contributed by atoms with Crippen molar-refractivity contribution in [3.63, 3.8) is 0 Å². The summed E-state index contributed by atoms with van der Waals surface area (Å²) in [4.78, 5) is 36.5. The van der Waals surface area contributed by atoms with E-state index in [9.17, 15) is 14.4 Å². The summed E-state index contributed by atoms with van der Waals surface area (Å²) >= 11 is 0. The minimum Gasteiger partial charge on any atom is -0.381 e. The van der Waals surface area contributed by atoms with Crippen LogP contribution in [0, 0.1) is 11.3 Å². The summed E-state index contributed by atoms with van der Waals surface area (Å²) < 4.78 is 5.41. The highest BCUT2D eigenvalue weighted by molar-refractivity contribution is 6.20. The van der Waals surface area contributed by atoms with Crippen LogP contribution in [-0.4, -0.2) is 42.5 Å². The van der Waals surface area contributed by atoms with E-state index in [1.54, 1.807) is 0 Å². The van der Waals surface area contributed by atoms with Gasteiger partial charge >= 0.3 is 6.03 Å². The van der Waals surface area contributed by atoms with E-state index in [0.717, 1.165) is 4.90 Å². The van der Waals surface area contributed by atoms with Gasteiger partial charge in [-0.3, -0.25) is 19.8 Å². The minimum absolute atomic E-state index is 0.303. The Morgan fingerprint density at radius 2 is 2.00 bits per heavy atom. The van der Waals surface area contributed by atoms with Crippen molar-refractivity contribution in [2.45, 2.75) is 33.1 Å². The predicted octanol–water partition coefficient (Wildman–Crippen LogP) is 0.908. The number of imide groups is 2. The summed E-state index contributed by atoms with van der Waals surface area (Å²) in [6.07, 6.45) is 1.69. The Bertz CT molecular complexity index is 401. The van der Waals surface area contributed by atoms with Crippen LogP contribution in [-0.2, 0) is 14.3 Å². The van der Waals surface area contributed by atoms with Crippen molar-refractivity contribution in [2.75, 3.05) is 19.8 Å². The van der Waals surface area contributed by atoms with Gasteiger partial charge in [-0.25, -0.2) is 4.79 Å². The third-order valence-corrected chi connectivity index (χ3v) is 3.43. The highest BCUT2D eigenvalue weighted by Crippen LogP contribution is 2.48. The normalized spacial score (nSPS) is 21.2. The molecule has 6 heteroatoms. The molecule has 19 heavy (non-hydrogen) atoms. The first kappa shape index (κ1) is 14.0. The monoisotopic (exact) mass is 268 g/mol. The summed E-state index contributed by atoms with van der Waals surface area (Å²) in [7, 11) is 0. The fraction of sp³-hybridized carbons (Fsp3) is 0.769. The fourth-order valence-electron chi connectivity index (χ4n) is 2.14. The van der Waals surface area contributed by atoms with E-state index in [4.69, 9.17) is 4.74 Å². The standard InChI is InChI=1S/C13H20N2O4/c1-9(2)8-19-7-3-6-15-11(17)13(4-5-13)10(16)14-12(15)18/h9H,3-8H2,1-2H3,(H,14,16,18). The van der Waals surface area contributed by atoms with Gasteiger partial charge in [-0.2, -0.15) is 0 Å². The predicted molar refractivity (Wildman–Crippen MR) is 67.2 cm³/mol. The maximum Gasteiger partial charge on any atom is 0.330 e. The van der Waals surface area contributed by atoms with E-state index in [0.29, 0.717) is 44.9 Å². The molecule has 6 nitrogen and oxygen atoms in total. The second kappa shape index (κ2) is 5.28. The number of rotatable bonds is 6. The average molecular weight is 268 g/mol. The lowest BCUT2D eigenvalue weighted by atomic mass is 10.0. The van der Waals surface area contributed by atoms with Crippen molar-refractivity contribution >= 4 is 17.8 Å². The molecule has 2 fully saturated rings. The van der Waals surface area contributed by atoms with Crippen LogP contribution in [0.3, 0.4) is 0 Å². The lowest BCUT2D eigenvalue weighted by molar-refractivity contribution is -0.144. The first-order chi connectivity index (χ1) is 8.97. The van der Waals surface area contributed by atoms with E-state index in [2.05, 4.69) is 19.2 Å². The van der Waals surface area contributed by atoms with Crippen LogP contribution >= 0.6 is 0 Å². The Balaban J connectivity index is 1.81. The zero-order chi connectivity index (χ0) is 14.0. The first-order valence-electron chi connectivity index (χ1n) is 6.72. The molecule has 1 heterocycles. The van der Waals surface area contributed by atoms with Gasteiger partial charge in [-0.05, 0) is 25.2 Å². The summed E-state index contributed by atoms with van der Waals surface area (Å²) in [6.45, 7) is 5.60. The number of urea groups is 1. The van der Waals surface area contributed by atoms with E-state index < -0.39 is 17.4 Å². The van der Waals surface area contributed by atoms with Crippen LogP contribution in [0.2, 0.25) is 0 Å². The van der Waals surface area contributed by atoms with Crippen LogP contribution in [0.1, 0.15) is 33.1 Å². The molecule has 0 radical (unpaired) electrons. The van der Waals surface area contributed by atoms with Crippen molar-refractivity contribution in [3.05, 3.63) is 0 Å². The highest BCUT2D eigenvalue weighted by Gasteiger charge is 2.61. The van der Waals surface area contributed by atoms with Crippen LogP contribution < -0.4 is 5.32 Å². The van der Waals surface area contributed by atoms with Crippen molar-refractivity contribution in [1.29, 1.82) is 0 Å². The smallest absolute Gasteiger partial charge is 0.330 e. The van der Waals surface area contributed by atoms with Gasteiger partial charge in [0.25, 0.3) is 0 Å². The largest absolute Gasteiger partial charge is 0.381 e. The number of nitrogens with zero attached hydrogens (tertiary/aromatic N) is 1. The van der Waals surface area contributed by atoms with Gasteiger partial charge in [0.2, 0.25) is 11.8 Å². The van der Waals surface area contributed by atoms with Crippen LogP contribution in [0.5, 0.6) is 0 Å². The number of amides is 4. The number of hydrogen-bond acceptors (Lipinski definition) is 4. The van der Waals surface area contributed by atoms with E-state index >= 15 is 0 Å². The van der Waals surface area contributed by atoms with E-state index in [-0.39, 0.29) is 5.91 Å². The zero-order valence-corrected chi connectivity index (χ0v) is 11.4. The van der Waals surface area contributed by atoms with Crippen LogP contribution in [0.4, 0.5) is 4.79 Å². The molecule has 2 aliphatic rings. The highest BCUT2D eigenvalue weighted by atomic mass is 16.5. The molecule has 1 N–H and O–H groups in total. The van der Waals surface area contributed by atoms with E-state index in [1.807, 2.05) is 0 Å². The fourth-order valence-corrected chi connectivity index (χ4v) is 2.14. The molecule has 2 rings (SSSR count). The molecule has 0 aromatic heterocycles. The summed E-state index contributed by atoms with van der Waals surface area (Å²) in [6, 6.07) is -0.601. The number of carbonyl (C=O) groups is 3. The topological polar surface area (TPSA) is 75.7 Å². The molecule has 106 valence electrons. The zero-order valence-electron chi connectivity index (χ0n) is 11.4. The number of barbiturate groups is 1. The second-order valence-corrected chi connectivity index (χ2v) is 5.62. The van der Waals surface area contributed by atoms with Gasteiger partial charge in [0.15, 0.2) is 0 Å². The SMILES string of the molecule is CC(C)COCCCN1C(=O)NC(=O)C2(CC2)C1=O. The van der Waals surface area contributed by atoms with Crippen LogP contribution in [0.25, 0.3) is 0 Å². The quantitative estimate of drug-likeness (QED) is 0.574. The molecule has 4 amide bonds. The van der Waals surface area contributed by atoms with Gasteiger partial charge in [0, 0.05) is 19.8 Å². The van der Waals surface area contributed by atoms with Gasteiger partial charge in [-0.1, -0.05) is 13.8 Å². The minimum atomic E-state index is -0.938. The van der Waals surface area contributed by atoms with E-state index in [1.165, 1.54) is 0 Å². The molecule has 0 aromatic rings. The molecule has 0 atom stereocenters.